The molecule has 0 atom stereocenters. The Morgan fingerprint density at radius 3 is 1.03 bits per heavy atom. The van der Waals surface area contributed by atoms with E-state index < -0.39 is 0 Å². The Bertz CT molecular complexity index is 549. The Labute approximate surface area is 183 Å². The molecule has 2 N–H and O–H groups in total. The van der Waals surface area contributed by atoms with Crippen molar-refractivity contribution in [3.63, 3.8) is 0 Å². The van der Waals surface area contributed by atoms with E-state index in [9.17, 15) is 10.2 Å². The van der Waals surface area contributed by atoms with Crippen LogP contribution in [0.25, 0.3) is 0 Å². The van der Waals surface area contributed by atoms with Crippen molar-refractivity contribution in [1.29, 1.82) is 0 Å². The van der Waals surface area contributed by atoms with E-state index in [1.54, 1.807) is 38.5 Å². The summed E-state index contributed by atoms with van der Waals surface area (Å²) in [5.74, 6) is 0.547. The van der Waals surface area contributed by atoms with E-state index in [0.29, 0.717) is 0 Å². The molecular weight excluding hydrogens is 380 g/mol. The van der Waals surface area contributed by atoms with Crippen LogP contribution in [0.15, 0.2) is 48.5 Å². The molecule has 0 aliphatic heterocycles. The van der Waals surface area contributed by atoms with Gasteiger partial charge in [-0.3, -0.25) is 0 Å². The Morgan fingerprint density at radius 2 is 0.867 bits per heavy atom. The number of benzene rings is 2. The molecule has 2 aromatic carbocycles. The summed E-state index contributed by atoms with van der Waals surface area (Å²) >= 11 is 0. The number of aromatic hydroxyl groups is 2. The van der Waals surface area contributed by atoms with Gasteiger partial charge in [-0.15, -0.1) is 0 Å². The zero-order valence-electron chi connectivity index (χ0n) is 20.1. The lowest BCUT2D eigenvalue weighted by molar-refractivity contribution is 0.162. The Hall–Kier alpha value is -2.08. The molecule has 0 fully saturated rings. The Morgan fingerprint density at radius 1 is 0.600 bits per heavy atom. The fourth-order valence-corrected chi connectivity index (χ4v) is 2.13. The predicted molar refractivity (Wildman–Crippen MR) is 126 cm³/mol. The third-order valence-electron chi connectivity index (χ3n) is 4.16. The number of hydrogen-bond donors (Lipinski definition) is 2. The molecule has 5 nitrogen and oxygen atoms in total. The molecule has 0 spiro atoms. The molecule has 0 saturated heterocycles. The third-order valence-corrected chi connectivity index (χ3v) is 4.16. The van der Waals surface area contributed by atoms with Crippen molar-refractivity contribution in [1.82, 2.24) is 0 Å². The van der Waals surface area contributed by atoms with Gasteiger partial charge < -0.3 is 24.4 Å². The lowest BCUT2D eigenvalue weighted by atomic mass is 9.78. The molecule has 0 unspecified atom stereocenters. The van der Waals surface area contributed by atoms with Crippen molar-refractivity contribution in [2.75, 3.05) is 40.6 Å². The van der Waals surface area contributed by atoms with Crippen LogP contribution in [0.3, 0.4) is 0 Å². The highest BCUT2D eigenvalue weighted by atomic mass is 16.5. The molecule has 0 heterocycles. The zero-order valence-corrected chi connectivity index (χ0v) is 20.1. The van der Waals surface area contributed by atoms with Gasteiger partial charge >= 0.3 is 0 Å². The van der Waals surface area contributed by atoms with E-state index in [0.717, 1.165) is 37.6 Å². The summed E-state index contributed by atoms with van der Waals surface area (Å²) in [7, 11) is 3.36. The van der Waals surface area contributed by atoms with Crippen LogP contribution in [0.5, 0.6) is 11.5 Å². The number of methoxy groups -OCH3 is 2. The van der Waals surface area contributed by atoms with Crippen molar-refractivity contribution in [2.45, 2.75) is 47.0 Å². The first-order chi connectivity index (χ1) is 14.2. The molecule has 30 heavy (non-hydrogen) atoms. The summed E-state index contributed by atoms with van der Waals surface area (Å²) in [6.07, 6.45) is 0. The third kappa shape index (κ3) is 14.0. The van der Waals surface area contributed by atoms with Gasteiger partial charge in [0.25, 0.3) is 0 Å². The van der Waals surface area contributed by atoms with Crippen molar-refractivity contribution in [3.05, 3.63) is 59.7 Å². The minimum absolute atomic E-state index is 0.151. The smallest absolute Gasteiger partial charge is 0.115 e. The Kier molecular flexibility index (Phi) is 19.0. The van der Waals surface area contributed by atoms with Gasteiger partial charge in [0.2, 0.25) is 0 Å². The summed E-state index contributed by atoms with van der Waals surface area (Å²) in [5, 5.41) is 18.6. The minimum atomic E-state index is -0.151. The molecule has 0 radical (unpaired) electrons. The molecule has 0 saturated carbocycles. The van der Waals surface area contributed by atoms with E-state index in [-0.39, 0.29) is 16.9 Å². The molecule has 0 aromatic heterocycles. The van der Waals surface area contributed by atoms with E-state index >= 15 is 0 Å². The average molecular weight is 423 g/mol. The first-order valence-electron chi connectivity index (χ1n) is 10.4. The molecule has 2 aromatic rings. The molecule has 2 rings (SSSR count). The largest absolute Gasteiger partial charge is 0.508 e. The fourth-order valence-electron chi connectivity index (χ4n) is 2.13. The van der Waals surface area contributed by atoms with E-state index in [1.165, 1.54) is 0 Å². The molecule has 0 amide bonds. The zero-order chi connectivity index (χ0) is 23.4. The molecular formula is C25H42O5. The molecule has 0 aliphatic carbocycles. The van der Waals surface area contributed by atoms with Gasteiger partial charge in [0.15, 0.2) is 0 Å². The van der Waals surface area contributed by atoms with Crippen LogP contribution in [0.4, 0.5) is 0 Å². The Balaban J connectivity index is 0. The van der Waals surface area contributed by atoms with Crippen LogP contribution in [0.2, 0.25) is 0 Å². The predicted octanol–water partition coefficient (Wildman–Crippen LogP) is 5.77. The summed E-state index contributed by atoms with van der Waals surface area (Å²) in [6.45, 7) is 15.5. The van der Waals surface area contributed by atoms with Crippen LogP contribution in [0, 0.1) is 0 Å². The van der Waals surface area contributed by atoms with Crippen LogP contribution >= 0.6 is 0 Å². The highest BCUT2D eigenvalue weighted by molar-refractivity contribution is 5.41. The first kappa shape index (κ1) is 30.1. The van der Waals surface area contributed by atoms with Gasteiger partial charge in [0.05, 0.1) is 0 Å². The van der Waals surface area contributed by atoms with Crippen molar-refractivity contribution >= 4 is 0 Å². The highest BCUT2D eigenvalue weighted by Crippen LogP contribution is 2.32. The maximum absolute atomic E-state index is 9.30. The second-order valence-corrected chi connectivity index (χ2v) is 6.65. The van der Waals surface area contributed by atoms with Crippen molar-refractivity contribution in [3.8, 4) is 11.5 Å². The van der Waals surface area contributed by atoms with Gasteiger partial charge in [-0.1, -0.05) is 38.1 Å². The summed E-state index contributed by atoms with van der Waals surface area (Å²) < 4.78 is 13.9. The summed E-state index contributed by atoms with van der Waals surface area (Å²) in [5.41, 5.74) is 2.10. The molecule has 0 aliphatic rings. The van der Waals surface area contributed by atoms with Crippen LogP contribution < -0.4 is 0 Å². The van der Waals surface area contributed by atoms with E-state index in [4.69, 9.17) is 4.74 Å². The number of phenolic OH excluding ortho intramolecular Hbond substituents is 2. The fraction of sp³-hybridized carbons (Fsp3) is 0.520. The number of ether oxygens (including phenoxy) is 3. The molecule has 0 bridgehead atoms. The van der Waals surface area contributed by atoms with Gasteiger partial charge in [0, 0.05) is 46.1 Å². The average Bonchev–Trinajstić information content (AvgIpc) is 2.76. The standard InChI is InChI=1S/C15H16O2.C4H10O.2C3H8O/c1-15(2,11-3-7-13(16)8-4-11)12-5-9-14(17)10-6-12;1-3-5-4-2;2*1-3-4-2/h3-10,16-17H,1-2H3;3-4H2,1-2H3;2*3H2,1-2H3. The van der Waals surface area contributed by atoms with Crippen molar-refractivity contribution < 1.29 is 24.4 Å². The van der Waals surface area contributed by atoms with Gasteiger partial charge in [-0.2, -0.15) is 0 Å². The lowest BCUT2D eigenvalue weighted by Crippen LogP contribution is -2.18. The highest BCUT2D eigenvalue weighted by Gasteiger charge is 2.22. The topological polar surface area (TPSA) is 68.2 Å². The SMILES string of the molecule is CC(C)(c1ccc(O)cc1)c1ccc(O)cc1.CCOC.CCOC.CCOCC. The summed E-state index contributed by atoms with van der Waals surface area (Å²) in [4.78, 5) is 0. The second-order valence-electron chi connectivity index (χ2n) is 6.65. The van der Waals surface area contributed by atoms with Crippen LogP contribution in [0.1, 0.15) is 52.7 Å². The van der Waals surface area contributed by atoms with Crippen molar-refractivity contribution in [2.24, 2.45) is 0 Å². The first-order valence-corrected chi connectivity index (χ1v) is 10.4. The maximum atomic E-state index is 9.30. The van der Waals surface area contributed by atoms with Crippen LogP contribution in [-0.4, -0.2) is 50.9 Å². The normalized spacial score (nSPS) is 9.87. The minimum Gasteiger partial charge on any atom is -0.508 e. The maximum Gasteiger partial charge on any atom is 0.115 e. The van der Waals surface area contributed by atoms with E-state index in [1.807, 2.05) is 52.0 Å². The number of phenols is 2. The van der Waals surface area contributed by atoms with E-state index in [2.05, 4.69) is 23.3 Å². The van der Waals surface area contributed by atoms with Gasteiger partial charge in [-0.05, 0) is 63.1 Å². The molecule has 5 heteroatoms. The lowest BCUT2D eigenvalue weighted by Gasteiger charge is -2.26. The number of rotatable bonds is 6. The number of hydrogen-bond acceptors (Lipinski definition) is 5. The monoisotopic (exact) mass is 422 g/mol. The quantitative estimate of drug-likeness (QED) is 0.618. The van der Waals surface area contributed by atoms with Crippen LogP contribution in [-0.2, 0) is 19.6 Å². The van der Waals surface area contributed by atoms with Gasteiger partial charge in [-0.25, -0.2) is 0 Å². The molecule has 172 valence electrons. The second kappa shape index (κ2) is 18.9. The summed E-state index contributed by atoms with van der Waals surface area (Å²) in [6, 6.07) is 14.4. The van der Waals surface area contributed by atoms with Gasteiger partial charge in [0.1, 0.15) is 11.5 Å².